The Balaban J connectivity index is 1.96. The molecule has 1 heterocycles. The second kappa shape index (κ2) is 4.13. The van der Waals surface area contributed by atoms with Gasteiger partial charge in [0.25, 0.3) is 0 Å². The maximum Gasteiger partial charge on any atom is 0.118 e. The molecule has 0 fully saturated rings. The number of hydrogen-bond acceptors (Lipinski definition) is 3. The van der Waals surface area contributed by atoms with Crippen molar-refractivity contribution in [1.82, 2.24) is 5.43 Å². The molecule has 0 radical (unpaired) electrons. The van der Waals surface area contributed by atoms with Gasteiger partial charge in [0, 0.05) is 12.6 Å². The van der Waals surface area contributed by atoms with Crippen molar-refractivity contribution in [2.24, 2.45) is 5.10 Å². The standard InChI is InChI=1S/C11H14N2O/c1-14-11-4-2-9(3-5-11)8-10-6-7-12-13-10/h2-5,7,10,13H,6,8H2,1H3. The summed E-state index contributed by atoms with van der Waals surface area (Å²) in [4.78, 5) is 0. The molecule has 1 atom stereocenters. The lowest BCUT2D eigenvalue weighted by atomic mass is 10.1. The average Bonchev–Trinajstić information content (AvgIpc) is 2.72. The highest BCUT2D eigenvalue weighted by atomic mass is 16.5. The monoisotopic (exact) mass is 190 g/mol. The van der Waals surface area contributed by atoms with Crippen LogP contribution < -0.4 is 10.2 Å². The van der Waals surface area contributed by atoms with E-state index < -0.39 is 0 Å². The maximum absolute atomic E-state index is 5.10. The van der Waals surface area contributed by atoms with Gasteiger partial charge in [-0.05, 0) is 24.1 Å². The van der Waals surface area contributed by atoms with Crippen molar-refractivity contribution in [3.8, 4) is 5.75 Å². The number of nitrogens with one attached hydrogen (secondary N) is 1. The fraction of sp³-hybridized carbons (Fsp3) is 0.364. The van der Waals surface area contributed by atoms with Crippen molar-refractivity contribution in [2.75, 3.05) is 7.11 Å². The first kappa shape index (κ1) is 9.06. The lowest BCUT2D eigenvalue weighted by Gasteiger charge is -2.09. The minimum Gasteiger partial charge on any atom is -0.497 e. The second-order valence-electron chi connectivity index (χ2n) is 3.43. The highest BCUT2D eigenvalue weighted by Gasteiger charge is 2.10. The summed E-state index contributed by atoms with van der Waals surface area (Å²) in [7, 11) is 1.68. The van der Waals surface area contributed by atoms with E-state index in [1.807, 2.05) is 18.3 Å². The van der Waals surface area contributed by atoms with E-state index in [1.165, 1.54) is 5.56 Å². The summed E-state index contributed by atoms with van der Waals surface area (Å²) >= 11 is 0. The summed E-state index contributed by atoms with van der Waals surface area (Å²) in [5.74, 6) is 0.907. The van der Waals surface area contributed by atoms with Gasteiger partial charge in [0.15, 0.2) is 0 Å². The normalized spacial score (nSPS) is 19.4. The van der Waals surface area contributed by atoms with Crippen molar-refractivity contribution in [3.05, 3.63) is 29.8 Å². The van der Waals surface area contributed by atoms with Crippen molar-refractivity contribution in [3.63, 3.8) is 0 Å². The van der Waals surface area contributed by atoms with Gasteiger partial charge in [0.1, 0.15) is 5.75 Å². The smallest absolute Gasteiger partial charge is 0.118 e. The van der Waals surface area contributed by atoms with E-state index in [-0.39, 0.29) is 0 Å². The zero-order valence-corrected chi connectivity index (χ0v) is 8.23. The molecule has 1 aliphatic heterocycles. The number of benzene rings is 1. The number of nitrogens with zero attached hydrogens (tertiary/aromatic N) is 1. The van der Waals surface area contributed by atoms with Crippen LogP contribution in [0.4, 0.5) is 0 Å². The molecular formula is C11H14N2O. The van der Waals surface area contributed by atoms with Gasteiger partial charge in [0.2, 0.25) is 0 Å². The predicted octanol–water partition coefficient (Wildman–Crippen LogP) is 1.59. The Labute approximate surface area is 83.8 Å². The number of rotatable bonds is 3. The average molecular weight is 190 g/mol. The third-order valence-electron chi connectivity index (χ3n) is 2.38. The maximum atomic E-state index is 5.10. The first-order chi connectivity index (χ1) is 6.88. The van der Waals surface area contributed by atoms with E-state index in [1.54, 1.807) is 7.11 Å². The van der Waals surface area contributed by atoms with Crippen LogP contribution in [-0.4, -0.2) is 19.4 Å². The van der Waals surface area contributed by atoms with Crippen molar-refractivity contribution < 1.29 is 4.74 Å². The summed E-state index contributed by atoms with van der Waals surface area (Å²) in [6.07, 6.45) is 3.96. The van der Waals surface area contributed by atoms with Crippen LogP contribution in [0.5, 0.6) is 5.75 Å². The third kappa shape index (κ3) is 2.05. The van der Waals surface area contributed by atoms with Gasteiger partial charge in [-0.3, -0.25) is 0 Å². The molecule has 0 saturated carbocycles. The van der Waals surface area contributed by atoms with E-state index >= 15 is 0 Å². The van der Waals surface area contributed by atoms with Gasteiger partial charge in [0.05, 0.1) is 13.2 Å². The lowest BCUT2D eigenvalue weighted by molar-refractivity contribution is 0.414. The molecular weight excluding hydrogens is 176 g/mol. The zero-order valence-electron chi connectivity index (χ0n) is 8.23. The fourth-order valence-corrected chi connectivity index (χ4v) is 1.57. The van der Waals surface area contributed by atoms with E-state index in [9.17, 15) is 0 Å². The first-order valence-corrected chi connectivity index (χ1v) is 4.78. The Morgan fingerprint density at radius 1 is 1.43 bits per heavy atom. The van der Waals surface area contributed by atoms with Gasteiger partial charge in [-0.15, -0.1) is 0 Å². The van der Waals surface area contributed by atoms with Gasteiger partial charge in [-0.25, -0.2) is 0 Å². The van der Waals surface area contributed by atoms with Crippen LogP contribution in [0.15, 0.2) is 29.4 Å². The van der Waals surface area contributed by atoms with Crippen LogP contribution in [0.2, 0.25) is 0 Å². The Morgan fingerprint density at radius 2 is 2.21 bits per heavy atom. The number of ether oxygens (including phenoxy) is 1. The Bertz CT molecular complexity index is 311. The molecule has 1 N–H and O–H groups in total. The highest BCUT2D eigenvalue weighted by Crippen LogP contribution is 2.14. The lowest BCUT2D eigenvalue weighted by Crippen LogP contribution is -2.21. The van der Waals surface area contributed by atoms with Gasteiger partial charge < -0.3 is 10.2 Å². The van der Waals surface area contributed by atoms with Crippen LogP contribution in [0.1, 0.15) is 12.0 Å². The zero-order chi connectivity index (χ0) is 9.80. The van der Waals surface area contributed by atoms with Gasteiger partial charge in [-0.1, -0.05) is 12.1 Å². The highest BCUT2D eigenvalue weighted by molar-refractivity contribution is 5.59. The summed E-state index contributed by atoms with van der Waals surface area (Å²) in [6, 6.07) is 8.64. The largest absolute Gasteiger partial charge is 0.497 e. The number of hydrogen-bond donors (Lipinski definition) is 1. The summed E-state index contributed by atoms with van der Waals surface area (Å²) in [5.41, 5.74) is 4.39. The fourth-order valence-electron chi connectivity index (χ4n) is 1.57. The van der Waals surface area contributed by atoms with E-state index in [4.69, 9.17) is 4.74 Å². The Hall–Kier alpha value is -1.51. The Kier molecular flexibility index (Phi) is 2.68. The van der Waals surface area contributed by atoms with Crippen molar-refractivity contribution in [2.45, 2.75) is 18.9 Å². The molecule has 0 aromatic heterocycles. The van der Waals surface area contributed by atoms with E-state index in [2.05, 4.69) is 22.7 Å². The molecule has 74 valence electrons. The number of methoxy groups -OCH3 is 1. The van der Waals surface area contributed by atoms with Crippen LogP contribution >= 0.6 is 0 Å². The van der Waals surface area contributed by atoms with Crippen LogP contribution in [0.3, 0.4) is 0 Å². The first-order valence-electron chi connectivity index (χ1n) is 4.78. The van der Waals surface area contributed by atoms with E-state index in [0.29, 0.717) is 6.04 Å². The van der Waals surface area contributed by atoms with Crippen LogP contribution in [0, 0.1) is 0 Å². The SMILES string of the molecule is COc1ccc(CC2CC=NN2)cc1. The van der Waals surface area contributed by atoms with Gasteiger partial charge in [-0.2, -0.15) is 5.10 Å². The molecule has 1 unspecified atom stereocenters. The minimum absolute atomic E-state index is 0.461. The van der Waals surface area contributed by atoms with Crippen LogP contribution in [0.25, 0.3) is 0 Å². The van der Waals surface area contributed by atoms with Crippen molar-refractivity contribution >= 4 is 6.21 Å². The summed E-state index contributed by atoms with van der Waals surface area (Å²) in [6.45, 7) is 0. The second-order valence-corrected chi connectivity index (χ2v) is 3.43. The molecule has 1 aromatic rings. The predicted molar refractivity (Wildman–Crippen MR) is 56.7 cm³/mol. The molecule has 0 bridgehead atoms. The third-order valence-corrected chi connectivity index (χ3v) is 2.38. The summed E-state index contributed by atoms with van der Waals surface area (Å²) < 4.78 is 5.10. The molecule has 0 spiro atoms. The molecule has 0 aliphatic carbocycles. The van der Waals surface area contributed by atoms with Crippen molar-refractivity contribution in [1.29, 1.82) is 0 Å². The van der Waals surface area contributed by atoms with Gasteiger partial charge >= 0.3 is 0 Å². The molecule has 14 heavy (non-hydrogen) atoms. The Morgan fingerprint density at radius 3 is 2.79 bits per heavy atom. The molecule has 3 nitrogen and oxygen atoms in total. The molecule has 0 amide bonds. The molecule has 2 rings (SSSR count). The van der Waals surface area contributed by atoms with Crippen LogP contribution in [-0.2, 0) is 6.42 Å². The van der Waals surface area contributed by atoms with E-state index in [0.717, 1.165) is 18.6 Å². The topological polar surface area (TPSA) is 33.6 Å². The number of hydrazone groups is 1. The molecule has 1 aliphatic rings. The summed E-state index contributed by atoms with van der Waals surface area (Å²) in [5, 5.41) is 3.99. The molecule has 3 heteroatoms. The quantitative estimate of drug-likeness (QED) is 0.785. The minimum atomic E-state index is 0.461. The molecule has 0 saturated heterocycles. The molecule has 1 aromatic carbocycles.